The van der Waals surface area contributed by atoms with Crippen molar-refractivity contribution < 1.29 is 42.1 Å². The molecule has 0 aromatic carbocycles. The highest BCUT2D eigenvalue weighted by atomic mass is 31.2. The number of likely N-dealkylation sites (N-methyl/N-ethyl adjacent to an activating group) is 1. The topological polar surface area (TPSA) is 111 Å². The van der Waals surface area contributed by atoms with Crippen molar-refractivity contribution in [3.05, 3.63) is 12.2 Å². The lowest BCUT2D eigenvalue weighted by Gasteiger charge is -2.28. The summed E-state index contributed by atoms with van der Waals surface area (Å²) in [5.41, 5.74) is 0. The molecule has 0 bridgehead atoms. The number of rotatable bonds is 45. The van der Waals surface area contributed by atoms with E-state index in [1.807, 2.05) is 21.1 Å². The van der Waals surface area contributed by atoms with Crippen molar-refractivity contribution in [3.63, 3.8) is 0 Å². The van der Waals surface area contributed by atoms with Crippen molar-refractivity contribution >= 4 is 19.8 Å². The van der Waals surface area contributed by atoms with Crippen molar-refractivity contribution in [2.24, 2.45) is 0 Å². The molecule has 0 rings (SSSR count). The van der Waals surface area contributed by atoms with E-state index in [2.05, 4.69) is 26.0 Å². The number of unbranched alkanes of at least 4 members (excludes halogenated alkanes) is 29. The third kappa shape index (κ3) is 44.3. The molecule has 0 aromatic heterocycles. The van der Waals surface area contributed by atoms with Crippen LogP contribution in [0.4, 0.5) is 0 Å². The summed E-state index contributed by atoms with van der Waals surface area (Å²) < 4.78 is 33.9. The third-order valence-corrected chi connectivity index (χ3v) is 11.7. The fraction of sp³-hybridized carbons (Fsp3) is 0.917. The molecule has 0 aliphatic heterocycles. The second kappa shape index (κ2) is 41.1. The summed E-state index contributed by atoms with van der Waals surface area (Å²) in [6.07, 6.45) is 43.9. The van der Waals surface area contributed by atoms with Crippen molar-refractivity contribution in [2.75, 3.05) is 47.5 Å². The molecule has 58 heavy (non-hydrogen) atoms. The molecule has 0 saturated carbocycles. The van der Waals surface area contributed by atoms with Gasteiger partial charge in [-0.1, -0.05) is 193 Å². The standard InChI is InChI=1S/C48H94NO8P/c1-6-8-10-12-14-16-18-19-20-21-22-23-24-25-26-27-28-29-31-33-35-37-39-41-48(51)57-46(45-56-58(52,53)55-43-42-49(3,4)5)44-54-47(50)40-38-36-34-32-30-17-15-13-11-9-7-2/h21-22,46H,6-20,23-45H2,1-5H3/b22-21-. The molecule has 344 valence electrons. The average Bonchev–Trinajstić information content (AvgIpc) is 3.17. The Morgan fingerprint density at radius 3 is 1.28 bits per heavy atom. The number of phosphoric acid groups is 1. The maximum absolute atomic E-state index is 12.7. The van der Waals surface area contributed by atoms with Gasteiger partial charge in [-0.2, -0.15) is 0 Å². The monoisotopic (exact) mass is 844 g/mol. The lowest BCUT2D eigenvalue weighted by Crippen LogP contribution is -2.37. The minimum absolute atomic E-state index is 0.0276. The fourth-order valence-corrected chi connectivity index (χ4v) is 7.67. The smallest absolute Gasteiger partial charge is 0.306 e. The van der Waals surface area contributed by atoms with Gasteiger partial charge in [-0.3, -0.25) is 14.2 Å². The van der Waals surface area contributed by atoms with Gasteiger partial charge in [0.15, 0.2) is 6.10 Å². The van der Waals surface area contributed by atoms with E-state index in [4.69, 9.17) is 18.5 Å². The van der Waals surface area contributed by atoms with E-state index in [0.717, 1.165) is 38.5 Å². The minimum Gasteiger partial charge on any atom is -0.756 e. The molecule has 0 amide bonds. The predicted molar refractivity (Wildman–Crippen MR) is 241 cm³/mol. The second-order valence-corrected chi connectivity index (χ2v) is 19.2. The van der Waals surface area contributed by atoms with Gasteiger partial charge in [0, 0.05) is 12.8 Å². The van der Waals surface area contributed by atoms with Crippen LogP contribution in [0.15, 0.2) is 12.2 Å². The van der Waals surface area contributed by atoms with Gasteiger partial charge in [-0.05, 0) is 38.5 Å². The second-order valence-electron chi connectivity index (χ2n) is 17.8. The molecule has 0 heterocycles. The van der Waals surface area contributed by atoms with Crippen LogP contribution in [-0.4, -0.2) is 70.0 Å². The van der Waals surface area contributed by atoms with Crippen LogP contribution < -0.4 is 4.89 Å². The molecule has 9 nitrogen and oxygen atoms in total. The number of esters is 2. The van der Waals surface area contributed by atoms with E-state index in [0.29, 0.717) is 17.4 Å². The Labute approximate surface area is 358 Å². The first-order valence-electron chi connectivity index (χ1n) is 24.4. The van der Waals surface area contributed by atoms with Gasteiger partial charge in [-0.25, -0.2) is 0 Å². The van der Waals surface area contributed by atoms with Crippen LogP contribution in [0.5, 0.6) is 0 Å². The van der Waals surface area contributed by atoms with E-state index < -0.39 is 26.5 Å². The highest BCUT2D eigenvalue weighted by molar-refractivity contribution is 7.45. The molecular weight excluding hydrogens is 750 g/mol. The maximum Gasteiger partial charge on any atom is 0.306 e. The lowest BCUT2D eigenvalue weighted by molar-refractivity contribution is -0.870. The fourth-order valence-electron chi connectivity index (χ4n) is 6.95. The van der Waals surface area contributed by atoms with E-state index in [-0.39, 0.29) is 32.0 Å². The molecule has 0 aromatic rings. The van der Waals surface area contributed by atoms with Crippen LogP contribution in [0.3, 0.4) is 0 Å². The molecule has 0 aliphatic rings. The molecular formula is C48H94NO8P. The van der Waals surface area contributed by atoms with Gasteiger partial charge >= 0.3 is 11.9 Å². The van der Waals surface area contributed by atoms with Gasteiger partial charge in [0.25, 0.3) is 7.82 Å². The van der Waals surface area contributed by atoms with Crippen molar-refractivity contribution in [1.82, 2.24) is 0 Å². The Hall–Kier alpha value is -1.25. The summed E-state index contributed by atoms with van der Waals surface area (Å²) in [6.45, 7) is 4.25. The number of phosphoric ester groups is 1. The summed E-state index contributed by atoms with van der Waals surface area (Å²) in [5, 5.41) is 0. The van der Waals surface area contributed by atoms with Crippen molar-refractivity contribution in [1.29, 1.82) is 0 Å². The first-order chi connectivity index (χ1) is 28.0. The zero-order chi connectivity index (χ0) is 42.8. The van der Waals surface area contributed by atoms with Crippen LogP contribution in [-0.2, 0) is 32.7 Å². The van der Waals surface area contributed by atoms with E-state index in [1.54, 1.807) is 0 Å². The Kier molecular flexibility index (Phi) is 40.2. The highest BCUT2D eigenvalue weighted by Crippen LogP contribution is 2.38. The number of ether oxygens (including phenoxy) is 2. The van der Waals surface area contributed by atoms with Crippen LogP contribution >= 0.6 is 7.82 Å². The Bertz CT molecular complexity index is 1000. The number of quaternary nitrogens is 1. The average molecular weight is 844 g/mol. The number of carbonyl (C=O) groups excluding carboxylic acids is 2. The maximum atomic E-state index is 12.7. The van der Waals surface area contributed by atoms with Crippen LogP contribution in [0.1, 0.15) is 232 Å². The normalized spacial score (nSPS) is 13.6. The summed E-state index contributed by atoms with van der Waals surface area (Å²) in [7, 11) is 1.18. The summed E-state index contributed by atoms with van der Waals surface area (Å²) in [6, 6.07) is 0. The van der Waals surface area contributed by atoms with Crippen LogP contribution in [0.25, 0.3) is 0 Å². The van der Waals surface area contributed by atoms with Gasteiger partial charge in [-0.15, -0.1) is 0 Å². The predicted octanol–water partition coefficient (Wildman–Crippen LogP) is 13.5. The number of nitrogens with zero attached hydrogens (tertiary/aromatic N) is 1. The largest absolute Gasteiger partial charge is 0.756 e. The Balaban J connectivity index is 4.18. The van der Waals surface area contributed by atoms with Crippen molar-refractivity contribution in [2.45, 2.75) is 238 Å². The molecule has 0 radical (unpaired) electrons. The van der Waals surface area contributed by atoms with Gasteiger partial charge in [0.2, 0.25) is 0 Å². The van der Waals surface area contributed by atoms with Crippen LogP contribution in [0, 0.1) is 0 Å². The first-order valence-corrected chi connectivity index (χ1v) is 25.9. The van der Waals surface area contributed by atoms with Gasteiger partial charge in [0.1, 0.15) is 19.8 Å². The van der Waals surface area contributed by atoms with Gasteiger partial charge in [0.05, 0.1) is 27.7 Å². The number of allylic oxidation sites excluding steroid dienone is 2. The molecule has 0 fully saturated rings. The van der Waals surface area contributed by atoms with Gasteiger partial charge < -0.3 is 27.9 Å². The Morgan fingerprint density at radius 2 is 0.879 bits per heavy atom. The van der Waals surface area contributed by atoms with Crippen molar-refractivity contribution in [3.8, 4) is 0 Å². The minimum atomic E-state index is -4.62. The first kappa shape index (κ1) is 56.8. The third-order valence-electron chi connectivity index (χ3n) is 10.8. The summed E-state index contributed by atoms with van der Waals surface area (Å²) in [4.78, 5) is 37.6. The highest BCUT2D eigenvalue weighted by Gasteiger charge is 2.21. The summed E-state index contributed by atoms with van der Waals surface area (Å²) >= 11 is 0. The van der Waals surface area contributed by atoms with E-state index in [9.17, 15) is 19.0 Å². The van der Waals surface area contributed by atoms with E-state index >= 15 is 0 Å². The number of hydrogen-bond donors (Lipinski definition) is 0. The number of carbonyl (C=O) groups is 2. The molecule has 0 saturated heterocycles. The van der Waals surface area contributed by atoms with E-state index in [1.165, 1.54) is 161 Å². The molecule has 2 atom stereocenters. The molecule has 0 spiro atoms. The van der Waals surface area contributed by atoms with Crippen LogP contribution in [0.2, 0.25) is 0 Å². The zero-order valence-corrected chi connectivity index (χ0v) is 39.7. The molecule has 0 aliphatic carbocycles. The lowest BCUT2D eigenvalue weighted by atomic mass is 10.0. The quantitative estimate of drug-likeness (QED) is 0.0196. The zero-order valence-electron chi connectivity index (χ0n) is 38.8. The molecule has 0 N–H and O–H groups in total. The summed E-state index contributed by atoms with van der Waals surface area (Å²) in [5.74, 6) is -0.825. The Morgan fingerprint density at radius 1 is 0.517 bits per heavy atom. The number of hydrogen-bond acceptors (Lipinski definition) is 8. The molecule has 2 unspecified atom stereocenters. The SMILES string of the molecule is CCCCCCCCCC/C=C\CCCCCCCCCCCCCC(=O)OC(COC(=O)CCCCCCCCCCCCC)COP(=O)([O-])OCC[N+](C)(C)C. The molecule has 10 heteroatoms.